The second-order valence-electron chi connectivity index (χ2n) is 9.74. The average Bonchev–Trinajstić information content (AvgIpc) is 2.94. The number of nitrogens with one attached hydrogen (secondary N) is 1. The van der Waals surface area contributed by atoms with Gasteiger partial charge in [-0.05, 0) is 78.9 Å². The van der Waals surface area contributed by atoms with Gasteiger partial charge in [-0.15, -0.1) is 0 Å². The van der Waals surface area contributed by atoms with Gasteiger partial charge in [0.15, 0.2) is 11.5 Å². The summed E-state index contributed by atoms with van der Waals surface area (Å²) in [6.07, 6.45) is 0. The Kier molecular flexibility index (Phi) is 10.4. The Balaban J connectivity index is 2.04. The molecule has 0 aliphatic carbocycles. The lowest BCUT2D eigenvalue weighted by Crippen LogP contribution is -2.42. The van der Waals surface area contributed by atoms with Crippen molar-refractivity contribution >= 4 is 33.2 Å². The van der Waals surface area contributed by atoms with E-state index >= 15 is 0 Å². The van der Waals surface area contributed by atoms with Gasteiger partial charge in [0.2, 0.25) is 5.91 Å². The number of benzene rings is 3. The number of hydrogen-bond donors (Lipinski definition) is 1. The van der Waals surface area contributed by atoms with Gasteiger partial charge >= 0.3 is 0 Å². The summed E-state index contributed by atoms with van der Waals surface area (Å²) in [6, 6.07) is 12.3. The molecule has 0 saturated heterocycles. The van der Waals surface area contributed by atoms with E-state index in [9.17, 15) is 13.2 Å². The van der Waals surface area contributed by atoms with Crippen molar-refractivity contribution in [1.29, 1.82) is 0 Å². The zero-order valence-corrected chi connectivity index (χ0v) is 26.1. The van der Waals surface area contributed by atoms with Crippen LogP contribution in [-0.4, -0.2) is 49.3 Å². The molecular formula is C30H37ClN2O7S. The van der Waals surface area contributed by atoms with E-state index in [1.54, 1.807) is 19.2 Å². The van der Waals surface area contributed by atoms with Gasteiger partial charge in [-0.3, -0.25) is 9.10 Å². The molecule has 0 bridgehead atoms. The monoisotopic (exact) mass is 604 g/mol. The molecule has 3 aromatic carbocycles. The van der Waals surface area contributed by atoms with Gasteiger partial charge in [0.05, 0.1) is 45.1 Å². The second-order valence-corrected chi connectivity index (χ2v) is 12.0. The molecule has 11 heteroatoms. The third-order valence-electron chi connectivity index (χ3n) is 6.72. The standard InChI is InChI=1S/C30H37ClN2O7S/c1-18(2)23-16-24(19(3)13-28(23)39-7)20(4)32-30(34)17-33(25-14-21(31)9-11-26(25)37-5)41(35,36)22-10-12-27(38-6)29(15-22)40-8/h9-16,18,20H,17H2,1-8H3,(H,32,34)/t20-/m1/s1. The van der Waals surface area contributed by atoms with Gasteiger partial charge in [0, 0.05) is 11.1 Å². The molecule has 0 aliphatic heterocycles. The number of sulfonamides is 1. The Morgan fingerprint density at radius 3 is 2.02 bits per heavy atom. The molecule has 3 rings (SSSR count). The van der Waals surface area contributed by atoms with E-state index in [2.05, 4.69) is 19.2 Å². The SMILES string of the molecule is COc1ccc(S(=O)(=O)N(CC(=O)N[C@H](C)c2cc(C(C)C)c(OC)cc2C)c2cc(Cl)ccc2OC)cc1OC. The van der Waals surface area contributed by atoms with Crippen LogP contribution >= 0.6 is 11.6 Å². The molecule has 3 aromatic rings. The third kappa shape index (κ3) is 7.00. The predicted molar refractivity (Wildman–Crippen MR) is 160 cm³/mol. The summed E-state index contributed by atoms with van der Waals surface area (Å²) in [5.74, 6) is 1.27. The predicted octanol–water partition coefficient (Wildman–Crippen LogP) is 5.88. The zero-order valence-electron chi connectivity index (χ0n) is 24.6. The van der Waals surface area contributed by atoms with Crippen molar-refractivity contribution < 1.29 is 32.2 Å². The number of ether oxygens (including phenoxy) is 4. The molecule has 41 heavy (non-hydrogen) atoms. The van der Waals surface area contributed by atoms with Gasteiger partial charge in [-0.2, -0.15) is 0 Å². The highest BCUT2D eigenvalue weighted by molar-refractivity contribution is 7.92. The number of nitrogens with zero attached hydrogens (tertiary/aromatic N) is 1. The molecule has 0 aliphatic rings. The van der Waals surface area contributed by atoms with Crippen LogP contribution in [0, 0.1) is 6.92 Å². The third-order valence-corrected chi connectivity index (χ3v) is 8.72. The number of hydrogen-bond acceptors (Lipinski definition) is 7. The first-order chi connectivity index (χ1) is 19.4. The van der Waals surface area contributed by atoms with Crippen LogP contribution < -0.4 is 28.6 Å². The molecule has 0 aromatic heterocycles. The van der Waals surface area contributed by atoms with Gasteiger partial charge in [-0.1, -0.05) is 25.4 Å². The van der Waals surface area contributed by atoms with Crippen LogP contribution in [0.2, 0.25) is 5.02 Å². The fraction of sp³-hybridized carbons (Fsp3) is 0.367. The largest absolute Gasteiger partial charge is 0.496 e. The average molecular weight is 605 g/mol. The Bertz CT molecular complexity index is 1510. The van der Waals surface area contributed by atoms with E-state index in [-0.39, 0.29) is 33.0 Å². The number of anilines is 1. The van der Waals surface area contributed by atoms with Crippen molar-refractivity contribution in [3.8, 4) is 23.0 Å². The number of halogens is 1. The maximum atomic E-state index is 14.1. The van der Waals surface area contributed by atoms with Crippen molar-refractivity contribution in [3.05, 3.63) is 70.2 Å². The lowest BCUT2D eigenvalue weighted by atomic mass is 9.93. The molecule has 1 atom stereocenters. The first-order valence-corrected chi connectivity index (χ1v) is 14.8. The molecule has 0 heterocycles. The minimum Gasteiger partial charge on any atom is -0.496 e. The van der Waals surface area contributed by atoms with Crippen molar-refractivity contribution in [1.82, 2.24) is 5.32 Å². The summed E-state index contributed by atoms with van der Waals surface area (Å²) < 4.78 is 50.6. The summed E-state index contributed by atoms with van der Waals surface area (Å²) in [5.41, 5.74) is 2.96. The van der Waals surface area contributed by atoms with Gasteiger partial charge in [0.1, 0.15) is 18.0 Å². The smallest absolute Gasteiger partial charge is 0.265 e. The van der Waals surface area contributed by atoms with Crippen LogP contribution in [0.4, 0.5) is 5.69 Å². The Hall–Kier alpha value is -3.63. The summed E-state index contributed by atoms with van der Waals surface area (Å²) in [6.45, 7) is 7.38. The normalized spacial score (nSPS) is 12.0. The molecular weight excluding hydrogens is 568 g/mol. The van der Waals surface area contributed by atoms with Gasteiger partial charge < -0.3 is 24.3 Å². The van der Waals surface area contributed by atoms with E-state index in [0.717, 1.165) is 26.7 Å². The highest BCUT2D eigenvalue weighted by atomic mass is 35.5. The molecule has 0 radical (unpaired) electrons. The Morgan fingerprint density at radius 1 is 0.829 bits per heavy atom. The van der Waals surface area contributed by atoms with E-state index in [1.807, 2.05) is 26.0 Å². The molecule has 0 fully saturated rings. The van der Waals surface area contributed by atoms with E-state index in [0.29, 0.717) is 5.75 Å². The number of aryl methyl sites for hydroxylation is 1. The van der Waals surface area contributed by atoms with Crippen molar-refractivity contribution in [3.63, 3.8) is 0 Å². The van der Waals surface area contributed by atoms with Gasteiger partial charge in [-0.25, -0.2) is 8.42 Å². The maximum Gasteiger partial charge on any atom is 0.265 e. The Labute approximate surface area is 247 Å². The minimum atomic E-state index is -4.31. The maximum absolute atomic E-state index is 14.1. The molecule has 1 N–H and O–H groups in total. The number of carbonyl (C=O) groups is 1. The first-order valence-electron chi connectivity index (χ1n) is 12.9. The van der Waals surface area contributed by atoms with Crippen LogP contribution in [-0.2, 0) is 14.8 Å². The van der Waals surface area contributed by atoms with Crippen LogP contribution in [0.5, 0.6) is 23.0 Å². The topological polar surface area (TPSA) is 103 Å². The van der Waals surface area contributed by atoms with E-state index < -0.39 is 28.5 Å². The highest BCUT2D eigenvalue weighted by Gasteiger charge is 2.31. The molecule has 0 saturated carbocycles. The molecule has 222 valence electrons. The molecule has 0 unspecified atom stereocenters. The van der Waals surface area contributed by atoms with E-state index in [4.69, 9.17) is 30.5 Å². The van der Waals surface area contributed by atoms with Crippen molar-refractivity contribution in [2.45, 2.75) is 44.6 Å². The number of carbonyl (C=O) groups excluding carboxylic acids is 1. The molecule has 1 amide bonds. The van der Waals surface area contributed by atoms with E-state index in [1.165, 1.54) is 45.6 Å². The summed E-state index contributed by atoms with van der Waals surface area (Å²) in [7, 11) is 1.59. The first kappa shape index (κ1) is 31.9. The highest BCUT2D eigenvalue weighted by Crippen LogP contribution is 2.37. The van der Waals surface area contributed by atoms with Crippen molar-refractivity contribution in [2.75, 3.05) is 39.3 Å². The van der Waals surface area contributed by atoms with Crippen LogP contribution in [0.15, 0.2) is 53.4 Å². The Morgan fingerprint density at radius 2 is 1.44 bits per heavy atom. The second kappa shape index (κ2) is 13.4. The fourth-order valence-electron chi connectivity index (χ4n) is 4.57. The number of methoxy groups -OCH3 is 4. The molecule has 0 spiro atoms. The minimum absolute atomic E-state index is 0.106. The number of rotatable bonds is 12. The van der Waals surface area contributed by atoms with Crippen LogP contribution in [0.1, 0.15) is 49.4 Å². The fourth-order valence-corrected chi connectivity index (χ4v) is 6.17. The zero-order chi connectivity index (χ0) is 30.5. The lowest BCUT2D eigenvalue weighted by Gasteiger charge is -2.27. The van der Waals surface area contributed by atoms with Crippen LogP contribution in [0.25, 0.3) is 0 Å². The van der Waals surface area contributed by atoms with Crippen LogP contribution in [0.3, 0.4) is 0 Å². The van der Waals surface area contributed by atoms with Gasteiger partial charge in [0.25, 0.3) is 10.0 Å². The molecule has 9 nitrogen and oxygen atoms in total. The lowest BCUT2D eigenvalue weighted by molar-refractivity contribution is -0.120. The summed E-state index contributed by atoms with van der Waals surface area (Å²) in [4.78, 5) is 13.4. The number of amides is 1. The quantitative estimate of drug-likeness (QED) is 0.275. The van der Waals surface area contributed by atoms with Crippen molar-refractivity contribution in [2.24, 2.45) is 0 Å². The summed E-state index contributed by atoms with van der Waals surface area (Å²) >= 11 is 6.26. The summed E-state index contributed by atoms with van der Waals surface area (Å²) in [5, 5.41) is 3.23.